The topological polar surface area (TPSA) is 92.8 Å². The van der Waals surface area contributed by atoms with Gasteiger partial charge in [-0.25, -0.2) is 14.5 Å². The average Bonchev–Trinajstić information content (AvgIpc) is 2.84. The lowest BCUT2D eigenvalue weighted by Gasteiger charge is -2.26. The molecule has 0 bridgehead atoms. The first-order valence-electron chi connectivity index (χ1n) is 10.4. The first-order valence-corrected chi connectivity index (χ1v) is 11.6. The number of anilines is 1. The molecule has 4 rings (SSSR count). The number of hydrogen-bond acceptors (Lipinski definition) is 5. The first-order chi connectivity index (χ1) is 16.8. The van der Waals surface area contributed by atoms with Gasteiger partial charge in [0.25, 0.3) is 11.8 Å². The number of halogens is 2. The summed E-state index contributed by atoms with van der Waals surface area (Å²) in [5, 5.41) is 2.63. The van der Waals surface area contributed by atoms with E-state index in [1.54, 1.807) is 12.1 Å². The number of hydrogen-bond donors (Lipinski definition) is 1. The van der Waals surface area contributed by atoms with Crippen molar-refractivity contribution in [1.82, 2.24) is 5.32 Å². The van der Waals surface area contributed by atoms with Crippen molar-refractivity contribution in [3.8, 4) is 0 Å². The standard InChI is InChI=1S/C26H18BrClN2O5/c1-35-25(33)15-7-10-20(11-8-15)30-24(32)21(23(31)29-26(30)34)14-18-13-19(28)9-6-16(18)12-17-4-2-3-5-22(17)27/h2-11,13-14H,12H2,1H3,(H,29,31,34)/b21-14+. The molecule has 1 heterocycles. The van der Waals surface area contributed by atoms with Crippen LogP contribution in [-0.2, 0) is 20.7 Å². The largest absolute Gasteiger partial charge is 0.465 e. The average molecular weight is 554 g/mol. The van der Waals surface area contributed by atoms with E-state index in [-0.39, 0.29) is 16.8 Å². The van der Waals surface area contributed by atoms with Gasteiger partial charge in [0.1, 0.15) is 5.57 Å². The molecule has 0 atom stereocenters. The lowest BCUT2D eigenvalue weighted by molar-refractivity contribution is -0.122. The zero-order valence-corrected chi connectivity index (χ0v) is 20.7. The van der Waals surface area contributed by atoms with Gasteiger partial charge in [0.2, 0.25) is 0 Å². The minimum atomic E-state index is -0.887. The fourth-order valence-electron chi connectivity index (χ4n) is 3.62. The van der Waals surface area contributed by atoms with E-state index >= 15 is 0 Å². The molecular weight excluding hydrogens is 536 g/mol. The van der Waals surface area contributed by atoms with Gasteiger partial charge in [0, 0.05) is 9.50 Å². The van der Waals surface area contributed by atoms with Crippen molar-refractivity contribution in [3.63, 3.8) is 0 Å². The molecule has 7 nitrogen and oxygen atoms in total. The highest BCUT2D eigenvalue weighted by molar-refractivity contribution is 9.10. The number of methoxy groups -OCH3 is 1. The van der Waals surface area contributed by atoms with Crippen LogP contribution in [0, 0.1) is 0 Å². The second kappa shape index (κ2) is 10.2. The zero-order valence-electron chi connectivity index (χ0n) is 18.4. The second-order valence-corrected chi connectivity index (χ2v) is 8.90. The van der Waals surface area contributed by atoms with E-state index in [1.165, 1.54) is 37.5 Å². The van der Waals surface area contributed by atoms with Crippen LogP contribution >= 0.6 is 27.5 Å². The molecular formula is C26H18BrClN2O5. The maximum atomic E-state index is 13.3. The Kier molecular flexibility index (Phi) is 7.14. The molecule has 1 aliphatic heterocycles. The molecule has 4 amide bonds. The summed E-state index contributed by atoms with van der Waals surface area (Å²) in [7, 11) is 1.25. The van der Waals surface area contributed by atoms with Crippen LogP contribution in [0.25, 0.3) is 6.08 Å². The van der Waals surface area contributed by atoms with Gasteiger partial charge >= 0.3 is 12.0 Å². The number of rotatable bonds is 5. The Morgan fingerprint density at radius 3 is 2.43 bits per heavy atom. The van der Waals surface area contributed by atoms with Gasteiger partial charge in [-0.3, -0.25) is 14.9 Å². The molecule has 35 heavy (non-hydrogen) atoms. The predicted octanol–water partition coefficient (Wildman–Crippen LogP) is 5.15. The molecule has 9 heteroatoms. The third-order valence-electron chi connectivity index (χ3n) is 5.39. The van der Waals surface area contributed by atoms with Crippen LogP contribution in [0.3, 0.4) is 0 Å². The van der Waals surface area contributed by atoms with Crippen molar-refractivity contribution in [1.29, 1.82) is 0 Å². The number of carbonyl (C=O) groups is 4. The highest BCUT2D eigenvalue weighted by atomic mass is 79.9. The number of carbonyl (C=O) groups excluding carboxylic acids is 4. The van der Waals surface area contributed by atoms with Crippen LogP contribution < -0.4 is 10.2 Å². The third kappa shape index (κ3) is 5.18. The summed E-state index contributed by atoms with van der Waals surface area (Å²) >= 11 is 9.75. The lowest BCUT2D eigenvalue weighted by atomic mass is 9.97. The molecule has 1 saturated heterocycles. The molecule has 0 saturated carbocycles. The summed E-state index contributed by atoms with van der Waals surface area (Å²) in [6.45, 7) is 0. The number of nitrogens with one attached hydrogen (secondary N) is 1. The normalized spacial score (nSPS) is 14.8. The molecule has 176 valence electrons. The summed E-state index contributed by atoms with van der Waals surface area (Å²) in [6, 6.07) is 17.8. The molecule has 0 aliphatic carbocycles. The van der Waals surface area contributed by atoms with Gasteiger partial charge < -0.3 is 4.74 Å². The number of nitrogens with zero attached hydrogens (tertiary/aromatic N) is 1. The van der Waals surface area contributed by atoms with Gasteiger partial charge in [-0.15, -0.1) is 0 Å². The van der Waals surface area contributed by atoms with Gasteiger partial charge in [-0.05, 0) is 71.7 Å². The van der Waals surface area contributed by atoms with E-state index in [1.807, 2.05) is 30.3 Å². The Morgan fingerprint density at radius 1 is 1.03 bits per heavy atom. The fraction of sp³-hybridized carbons (Fsp3) is 0.0769. The van der Waals surface area contributed by atoms with E-state index in [2.05, 4.69) is 26.0 Å². The van der Waals surface area contributed by atoms with Crippen LogP contribution in [0.15, 0.2) is 76.8 Å². The lowest BCUT2D eigenvalue weighted by Crippen LogP contribution is -2.54. The maximum Gasteiger partial charge on any atom is 0.337 e. The van der Waals surface area contributed by atoms with E-state index in [0.717, 1.165) is 20.5 Å². The maximum absolute atomic E-state index is 13.3. The SMILES string of the molecule is COC(=O)c1ccc(N2C(=O)NC(=O)/C(=C\c3cc(Cl)ccc3Cc3ccccc3Br)C2=O)cc1. The molecule has 3 aromatic rings. The summed E-state index contributed by atoms with van der Waals surface area (Å²) < 4.78 is 5.59. The summed E-state index contributed by atoms with van der Waals surface area (Å²) in [6.07, 6.45) is 1.95. The van der Waals surface area contributed by atoms with Crippen molar-refractivity contribution in [2.45, 2.75) is 6.42 Å². The number of barbiturate groups is 1. The number of ether oxygens (including phenoxy) is 1. The molecule has 0 unspecified atom stereocenters. The minimum absolute atomic E-state index is 0.193. The number of benzene rings is 3. The Hall–Kier alpha value is -3.75. The highest BCUT2D eigenvalue weighted by Crippen LogP contribution is 2.27. The molecule has 1 N–H and O–H groups in total. The third-order valence-corrected chi connectivity index (χ3v) is 6.40. The molecule has 0 aromatic heterocycles. The Bertz CT molecular complexity index is 1380. The van der Waals surface area contributed by atoms with Gasteiger partial charge in [0.05, 0.1) is 18.4 Å². The number of urea groups is 1. The first kappa shape index (κ1) is 24.4. The summed E-state index contributed by atoms with van der Waals surface area (Å²) in [4.78, 5) is 51.0. The van der Waals surface area contributed by atoms with Gasteiger partial charge in [-0.1, -0.05) is 51.8 Å². The summed E-state index contributed by atoms with van der Waals surface area (Å²) in [5.41, 5.74) is 2.64. The highest BCUT2D eigenvalue weighted by Gasteiger charge is 2.37. The van der Waals surface area contributed by atoms with Crippen LogP contribution in [0.2, 0.25) is 5.02 Å². The molecule has 0 radical (unpaired) electrons. The van der Waals surface area contributed by atoms with Crippen molar-refractivity contribution < 1.29 is 23.9 Å². The van der Waals surface area contributed by atoms with Crippen LogP contribution in [-0.4, -0.2) is 30.9 Å². The van der Waals surface area contributed by atoms with Crippen LogP contribution in [0.5, 0.6) is 0 Å². The second-order valence-electron chi connectivity index (χ2n) is 7.61. The zero-order chi connectivity index (χ0) is 25.1. The number of imide groups is 2. The summed E-state index contributed by atoms with van der Waals surface area (Å²) in [5.74, 6) is -2.16. The Morgan fingerprint density at radius 2 is 1.74 bits per heavy atom. The smallest absolute Gasteiger partial charge is 0.337 e. The van der Waals surface area contributed by atoms with Crippen LogP contribution in [0.1, 0.15) is 27.0 Å². The van der Waals surface area contributed by atoms with Crippen molar-refractivity contribution >= 4 is 63.1 Å². The molecule has 0 spiro atoms. The minimum Gasteiger partial charge on any atom is -0.465 e. The predicted molar refractivity (Wildman–Crippen MR) is 135 cm³/mol. The molecule has 1 fully saturated rings. The van der Waals surface area contributed by atoms with E-state index in [4.69, 9.17) is 11.6 Å². The fourth-order valence-corrected chi connectivity index (χ4v) is 4.23. The van der Waals surface area contributed by atoms with Crippen LogP contribution in [0.4, 0.5) is 10.5 Å². The Balaban J connectivity index is 1.71. The number of esters is 1. The van der Waals surface area contributed by atoms with Gasteiger partial charge in [0.15, 0.2) is 0 Å². The van der Waals surface area contributed by atoms with Crippen molar-refractivity contribution in [2.75, 3.05) is 12.0 Å². The quantitative estimate of drug-likeness (QED) is 0.268. The monoisotopic (exact) mass is 552 g/mol. The number of amides is 4. The van der Waals surface area contributed by atoms with E-state index < -0.39 is 23.8 Å². The van der Waals surface area contributed by atoms with E-state index in [0.29, 0.717) is 17.0 Å². The van der Waals surface area contributed by atoms with Crippen molar-refractivity contribution in [2.24, 2.45) is 0 Å². The molecule has 3 aromatic carbocycles. The molecule has 1 aliphatic rings. The van der Waals surface area contributed by atoms with E-state index in [9.17, 15) is 19.2 Å². The van der Waals surface area contributed by atoms with Crippen molar-refractivity contribution in [3.05, 3.63) is 104 Å². The Labute approximate surface area is 214 Å². The van der Waals surface area contributed by atoms with Gasteiger partial charge in [-0.2, -0.15) is 0 Å².